The Hall–Kier alpha value is -1.15. The Morgan fingerprint density at radius 3 is 3.00 bits per heavy atom. The third-order valence-corrected chi connectivity index (χ3v) is 2.85. The first-order valence-electron chi connectivity index (χ1n) is 5.14. The highest BCUT2D eigenvalue weighted by molar-refractivity contribution is 5.77. The summed E-state index contributed by atoms with van der Waals surface area (Å²) in [6.45, 7) is 2.21. The van der Waals surface area contributed by atoms with Crippen LogP contribution in [0.2, 0.25) is 0 Å². The fourth-order valence-corrected chi connectivity index (χ4v) is 2.03. The van der Waals surface area contributed by atoms with E-state index in [2.05, 4.69) is 11.4 Å². The van der Waals surface area contributed by atoms with Crippen molar-refractivity contribution < 1.29 is 4.79 Å². The van der Waals surface area contributed by atoms with E-state index in [1.54, 1.807) is 0 Å². The Morgan fingerprint density at radius 2 is 2.29 bits per heavy atom. The maximum Gasteiger partial charge on any atom is 0.150 e. The van der Waals surface area contributed by atoms with Crippen LogP contribution in [0.4, 0.5) is 0 Å². The second kappa shape index (κ2) is 4.38. The van der Waals surface area contributed by atoms with E-state index < -0.39 is 0 Å². The lowest BCUT2D eigenvalue weighted by atomic mass is 9.95. The van der Waals surface area contributed by atoms with Crippen LogP contribution in [0.25, 0.3) is 0 Å². The van der Waals surface area contributed by atoms with Gasteiger partial charge >= 0.3 is 0 Å². The molecule has 1 N–H and O–H groups in total. The molecule has 0 radical (unpaired) electrons. The molecule has 1 heterocycles. The summed E-state index contributed by atoms with van der Waals surface area (Å²) in [6.07, 6.45) is 3.22. The average molecular weight is 189 g/mol. The minimum Gasteiger partial charge on any atom is -0.316 e. The SMILES string of the molecule is O=Cc1ccccc1CC1CCNC1. The van der Waals surface area contributed by atoms with Gasteiger partial charge in [-0.1, -0.05) is 24.3 Å². The number of benzene rings is 1. The molecule has 1 fully saturated rings. The third-order valence-electron chi connectivity index (χ3n) is 2.85. The molecule has 74 valence electrons. The molecule has 1 aromatic carbocycles. The first-order valence-corrected chi connectivity index (χ1v) is 5.14. The molecular formula is C12H15NO. The summed E-state index contributed by atoms with van der Waals surface area (Å²) in [6, 6.07) is 7.87. The number of hydrogen-bond donors (Lipinski definition) is 1. The number of rotatable bonds is 3. The summed E-state index contributed by atoms with van der Waals surface area (Å²) in [5.41, 5.74) is 2.04. The first-order chi connectivity index (χ1) is 6.90. The highest BCUT2D eigenvalue weighted by Gasteiger charge is 2.15. The molecule has 1 unspecified atom stereocenters. The predicted octanol–water partition coefficient (Wildman–Crippen LogP) is 1.65. The quantitative estimate of drug-likeness (QED) is 0.732. The van der Waals surface area contributed by atoms with E-state index in [1.165, 1.54) is 12.0 Å². The van der Waals surface area contributed by atoms with E-state index in [1.807, 2.05) is 18.2 Å². The van der Waals surface area contributed by atoms with Crippen LogP contribution in [0.5, 0.6) is 0 Å². The molecule has 2 nitrogen and oxygen atoms in total. The molecule has 2 rings (SSSR count). The van der Waals surface area contributed by atoms with Crippen molar-refractivity contribution >= 4 is 6.29 Å². The molecule has 2 heteroatoms. The molecule has 1 aliphatic rings. The van der Waals surface area contributed by atoms with Crippen LogP contribution in [0.1, 0.15) is 22.3 Å². The molecule has 0 aliphatic carbocycles. The third kappa shape index (κ3) is 2.02. The van der Waals surface area contributed by atoms with Crippen LogP contribution in [-0.2, 0) is 6.42 Å². The lowest BCUT2D eigenvalue weighted by Crippen LogP contribution is -2.11. The van der Waals surface area contributed by atoms with Crippen LogP contribution in [0, 0.1) is 5.92 Å². The van der Waals surface area contributed by atoms with Gasteiger partial charge in [0.15, 0.2) is 0 Å². The predicted molar refractivity (Wildman–Crippen MR) is 56.5 cm³/mol. The second-order valence-electron chi connectivity index (χ2n) is 3.88. The number of nitrogens with one attached hydrogen (secondary N) is 1. The highest BCUT2D eigenvalue weighted by atomic mass is 16.1. The van der Waals surface area contributed by atoms with Gasteiger partial charge in [0.25, 0.3) is 0 Å². The van der Waals surface area contributed by atoms with Crippen molar-refractivity contribution in [2.75, 3.05) is 13.1 Å². The van der Waals surface area contributed by atoms with Crippen LogP contribution >= 0.6 is 0 Å². The number of carbonyl (C=O) groups is 1. The van der Waals surface area contributed by atoms with Crippen molar-refractivity contribution in [3.05, 3.63) is 35.4 Å². The molecule has 1 aromatic rings. The summed E-state index contributed by atoms with van der Waals surface area (Å²) in [4.78, 5) is 10.8. The van der Waals surface area contributed by atoms with Gasteiger partial charge in [0.05, 0.1) is 0 Å². The summed E-state index contributed by atoms with van der Waals surface area (Å²) >= 11 is 0. The van der Waals surface area contributed by atoms with E-state index in [9.17, 15) is 4.79 Å². The average Bonchev–Trinajstić information content (AvgIpc) is 2.71. The van der Waals surface area contributed by atoms with Crippen LogP contribution in [-0.4, -0.2) is 19.4 Å². The molecule has 0 bridgehead atoms. The van der Waals surface area contributed by atoms with Crippen LogP contribution < -0.4 is 5.32 Å². The van der Waals surface area contributed by atoms with Crippen molar-refractivity contribution in [1.82, 2.24) is 5.32 Å². The van der Waals surface area contributed by atoms with Gasteiger partial charge in [-0.3, -0.25) is 4.79 Å². The van der Waals surface area contributed by atoms with Crippen molar-refractivity contribution in [1.29, 1.82) is 0 Å². The van der Waals surface area contributed by atoms with E-state index >= 15 is 0 Å². The van der Waals surface area contributed by atoms with Gasteiger partial charge in [-0.2, -0.15) is 0 Å². The van der Waals surface area contributed by atoms with E-state index in [0.717, 1.165) is 31.4 Å². The zero-order valence-electron chi connectivity index (χ0n) is 8.20. The second-order valence-corrected chi connectivity index (χ2v) is 3.88. The number of carbonyl (C=O) groups excluding carboxylic acids is 1. The molecule has 14 heavy (non-hydrogen) atoms. The van der Waals surface area contributed by atoms with Gasteiger partial charge in [-0.25, -0.2) is 0 Å². The molecular weight excluding hydrogens is 174 g/mol. The monoisotopic (exact) mass is 189 g/mol. The number of hydrogen-bond acceptors (Lipinski definition) is 2. The Balaban J connectivity index is 2.10. The molecule has 1 atom stereocenters. The molecule has 0 amide bonds. The van der Waals surface area contributed by atoms with Crippen molar-refractivity contribution in [2.45, 2.75) is 12.8 Å². The van der Waals surface area contributed by atoms with E-state index in [-0.39, 0.29) is 0 Å². The number of aldehydes is 1. The Kier molecular flexibility index (Phi) is 2.94. The smallest absolute Gasteiger partial charge is 0.150 e. The molecule has 0 aromatic heterocycles. The van der Waals surface area contributed by atoms with E-state index in [4.69, 9.17) is 0 Å². The van der Waals surface area contributed by atoms with Crippen LogP contribution in [0.3, 0.4) is 0 Å². The van der Waals surface area contributed by atoms with Gasteiger partial charge in [-0.05, 0) is 37.4 Å². The minimum atomic E-state index is 0.705. The normalized spacial score (nSPS) is 21.0. The Labute approximate surface area is 84.3 Å². The standard InChI is InChI=1S/C12H15NO/c14-9-12-4-2-1-3-11(12)7-10-5-6-13-8-10/h1-4,9-10,13H,5-8H2. The largest absolute Gasteiger partial charge is 0.316 e. The molecule has 0 spiro atoms. The van der Waals surface area contributed by atoms with E-state index in [0.29, 0.717) is 5.92 Å². The lowest BCUT2D eigenvalue weighted by Gasteiger charge is -2.09. The van der Waals surface area contributed by atoms with Crippen molar-refractivity contribution in [3.8, 4) is 0 Å². The van der Waals surface area contributed by atoms with Gasteiger partial charge < -0.3 is 5.32 Å². The van der Waals surface area contributed by atoms with Crippen molar-refractivity contribution in [2.24, 2.45) is 5.92 Å². The van der Waals surface area contributed by atoms with Gasteiger partial charge in [0, 0.05) is 5.56 Å². The summed E-state index contributed by atoms with van der Waals surface area (Å²) in [7, 11) is 0. The Morgan fingerprint density at radius 1 is 1.43 bits per heavy atom. The summed E-state index contributed by atoms with van der Waals surface area (Å²) in [5.74, 6) is 0.705. The summed E-state index contributed by atoms with van der Waals surface area (Å²) < 4.78 is 0. The van der Waals surface area contributed by atoms with Gasteiger partial charge in [0.2, 0.25) is 0 Å². The molecule has 1 saturated heterocycles. The fraction of sp³-hybridized carbons (Fsp3) is 0.417. The first kappa shape index (κ1) is 9.41. The van der Waals surface area contributed by atoms with Gasteiger partial charge in [-0.15, -0.1) is 0 Å². The molecule has 0 saturated carbocycles. The summed E-state index contributed by atoms with van der Waals surface area (Å²) in [5, 5.41) is 3.34. The Bertz CT molecular complexity index is 316. The van der Waals surface area contributed by atoms with Crippen LogP contribution in [0.15, 0.2) is 24.3 Å². The highest BCUT2D eigenvalue weighted by Crippen LogP contribution is 2.17. The molecule has 1 aliphatic heterocycles. The van der Waals surface area contributed by atoms with Gasteiger partial charge in [0.1, 0.15) is 6.29 Å². The topological polar surface area (TPSA) is 29.1 Å². The zero-order valence-corrected chi connectivity index (χ0v) is 8.20. The van der Waals surface area contributed by atoms with Crippen molar-refractivity contribution in [3.63, 3.8) is 0 Å². The minimum absolute atomic E-state index is 0.705. The fourth-order valence-electron chi connectivity index (χ4n) is 2.03. The lowest BCUT2D eigenvalue weighted by molar-refractivity contribution is 0.112. The maximum atomic E-state index is 10.8. The maximum absolute atomic E-state index is 10.8. The zero-order chi connectivity index (χ0) is 9.80.